The summed E-state index contributed by atoms with van der Waals surface area (Å²) in [4.78, 5) is 29.2. The van der Waals surface area contributed by atoms with Crippen molar-refractivity contribution in [3.8, 4) is 0 Å². The molecule has 3 rings (SSSR count). The van der Waals surface area contributed by atoms with Gasteiger partial charge in [0.25, 0.3) is 0 Å². The standard InChI is InChI=1S/C25H24ClNO3/c1-17-6-4-3-5-7-22(17)27-23-16-20(26)13-14-21(23)24(28)15-10-18-8-11-19(12-9-18)25(29)30-2/h5-12,15-16H,3-4,13-14H2,1-2H3/b15-10+,27-22?. The van der Waals surface area contributed by atoms with Crippen molar-refractivity contribution in [3.63, 3.8) is 0 Å². The number of aliphatic imine (C=N–C) groups is 1. The number of nitrogens with zero attached hydrogens (tertiary/aromatic N) is 1. The van der Waals surface area contributed by atoms with Crippen LogP contribution in [0.1, 0.15) is 48.5 Å². The van der Waals surface area contributed by atoms with Crippen molar-refractivity contribution in [2.75, 3.05) is 7.11 Å². The van der Waals surface area contributed by atoms with Crippen molar-refractivity contribution in [1.82, 2.24) is 0 Å². The molecule has 0 N–H and O–H groups in total. The van der Waals surface area contributed by atoms with Gasteiger partial charge in [0.05, 0.1) is 24.1 Å². The minimum atomic E-state index is -0.390. The lowest BCUT2D eigenvalue weighted by Crippen LogP contribution is -2.07. The number of halogens is 1. The molecule has 4 nitrogen and oxygen atoms in total. The first-order valence-electron chi connectivity index (χ1n) is 9.90. The van der Waals surface area contributed by atoms with Gasteiger partial charge in [0.1, 0.15) is 0 Å². The van der Waals surface area contributed by atoms with Crippen LogP contribution in [0.5, 0.6) is 0 Å². The van der Waals surface area contributed by atoms with Crippen molar-refractivity contribution in [2.24, 2.45) is 4.99 Å². The van der Waals surface area contributed by atoms with Gasteiger partial charge in [-0.05, 0) is 74.1 Å². The van der Waals surface area contributed by atoms with E-state index < -0.39 is 5.97 Å². The topological polar surface area (TPSA) is 55.7 Å². The van der Waals surface area contributed by atoms with Crippen LogP contribution in [0.25, 0.3) is 6.08 Å². The van der Waals surface area contributed by atoms with Gasteiger partial charge in [-0.2, -0.15) is 0 Å². The highest BCUT2D eigenvalue weighted by Crippen LogP contribution is 2.29. The Labute approximate surface area is 182 Å². The van der Waals surface area contributed by atoms with Gasteiger partial charge < -0.3 is 4.74 Å². The lowest BCUT2D eigenvalue weighted by atomic mass is 9.97. The van der Waals surface area contributed by atoms with E-state index in [-0.39, 0.29) is 5.78 Å². The fraction of sp³-hybridized carbons (Fsp3) is 0.240. The highest BCUT2D eigenvalue weighted by molar-refractivity contribution is 6.30. The zero-order chi connectivity index (χ0) is 21.5. The van der Waals surface area contributed by atoms with Crippen LogP contribution in [0.4, 0.5) is 0 Å². The number of hydrogen-bond donors (Lipinski definition) is 0. The maximum absolute atomic E-state index is 12.9. The number of carbonyl (C=O) groups is 2. The first-order valence-corrected chi connectivity index (χ1v) is 10.3. The van der Waals surface area contributed by atoms with E-state index in [1.54, 1.807) is 42.5 Å². The predicted molar refractivity (Wildman–Crippen MR) is 122 cm³/mol. The molecule has 0 aliphatic heterocycles. The molecule has 1 aromatic rings. The zero-order valence-electron chi connectivity index (χ0n) is 17.2. The van der Waals surface area contributed by atoms with E-state index in [1.165, 1.54) is 7.11 Å². The summed E-state index contributed by atoms with van der Waals surface area (Å²) in [5.41, 5.74) is 4.52. The van der Waals surface area contributed by atoms with E-state index in [0.717, 1.165) is 29.7 Å². The maximum atomic E-state index is 12.9. The molecule has 0 aromatic heterocycles. The molecule has 154 valence electrons. The first kappa shape index (κ1) is 21.7. The van der Waals surface area contributed by atoms with E-state index in [2.05, 4.69) is 12.2 Å². The Morgan fingerprint density at radius 1 is 1.13 bits per heavy atom. The van der Waals surface area contributed by atoms with E-state index in [4.69, 9.17) is 21.3 Å². The SMILES string of the molecule is COC(=O)c1ccc(/C=C/C(=O)C2=C(N=C3C=CCCC=C3C)C=C(Cl)CC2)cc1. The van der Waals surface area contributed by atoms with Crippen molar-refractivity contribution < 1.29 is 14.3 Å². The minimum Gasteiger partial charge on any atom is -0.465 e. The van der Waals surface area contributed by atoms with Crippen LogP contribution < -0.4 is 0 Å². The normalized spacial score (nSPS) is 18.3. The molecule has 0 amide bonds. The minimum absolute atomic E-state index is 0.0916. The Hall–Kier alpha value is -2.98. The molecule has 0 atom stereocenters. The quantitative estimate of drug-likeness (QED) is 0.435. The zero-order valence-corrected chi connectivity index (χ0v) is 17.9. The van der Waals surface area contributed by atoms with Crippen LogP contribution >= 0.6 is 11.6 Å². The highest BCUT2D eigenvalue weighted by Gasteiger charge is 2.18. The fourth-order valence-electron chi connectivity index (χ4n) is 3.23. The van der Waals surface area contributed by atoms with Crippen LogP contribution in [0.2, 0.25) is 0 Å². The van der Waals surface area contributed by atoms with Gasteiger partial charge in [-0.25, -0.2) is 9.79 Å². The Balaban J connectivity index is 1.87. The van der Waals surface area contributed by atoms with Crippen molar-refractivity contribution in [3.05, 3.63) is 87.6 Å². The average molecular weight is 422 g/mol. The van der Waals surface area contributed by atoms with Crippen molar-refractivity contribution >= 4 is 35.1 Å². The smallest absolute Gasteiger partial charge is 0.337 e. The number of ketones is 1. The molecule has 0 unspecified atom stereocenters. The Morgan fingerprint density at radius 2 is 1.90 bits per heavy atom. The summed E-state index contributed by atoms with van der Waals surface area (Å²) in [5, 5.41) is 0.701. The third-order valence-electron chi connectivity index (χ3n) is 4.98. The van der Waals surface area contributed by atoms with Crippen LogP contribution in [0, 0.1) is 0 Å². The molecule has 0 saturated heterocycles. The third-order valence-corrected chi connectivity index (χ3v) is 5.28. The average Bonchev–Trinajstić information content (AvgIpc) is 2.96. The number of benzene rings is 1. The van der Waals surface area contributed by atoms with Gasteiger partial charge >= 0.3 is 5.97 Å². The molecule has 2 aliphatic carbocycles. The molecule has 5 heteroatoms. The summed E-state index contributed by atoms with van der Waals surface area (Å²) in [6, 6.07) is 6.88. The summed E-state index contributed by atoms with van der Waals surface area (Å²) in [6.45, 7) is 2.03. The summed E-state index contributed by atoms with van der Waals surface area (Å²) < 4.78 is 4.70. The van der Waals surface area contributed by atoms with Crippen molar-refractivity contribution in [1.29, 1.82) is 0 Å². The van der Waals surface area contributed by atoms with Gasteiger partial charge in [-0.1, -0.05) is 42.0 Å². The predicted octanol–water partition coefficient (Wildman–Crippen LogP) is 5.96. The Bertz CT molecular complexity index is 1020. The summed E-state index contributed by atoms with van der Waals surface area (Å²) in [5.74, 6) is -0.482. The van der Waals surface area contributed by atoms with E-state index >= 15 is 0 Å². The molecular weight excluding hydrogens is 398 g/mol. The Morgan fingerprint density at radius 3 is 2.63 bits per heavy atom. The third kappa shape index (κ3) is 5.55. The second-order valence-electron chi connectivity index (χ2n) is 7.13. The van der Waals surface area contributed by atoms with Crippen LogP contribution in [-0.2, 0) is 9.53 Å². The highest BCUT2D eigenvalue weighted by atomic mass is 35.5. The largest absolute Gasteiger partial charge is 0.465 e. The molecule has 0 bridgehead atoms. The van der Waals surface area contributed by atoms with Crippen LogP contribution in [0.15, 0.2) is 81.5 Å². The molecule has 2 aliphatic rings. The van der Waals surface area contributed by atoms with Gasteiger partial charge in [0.15, 0.2) is 5.78 Å². The van der Waals surface area contributed by atoms with Gasteiger partial charge in [0.2, 0.25) is 0 Å². The summed E-state index contributed by atoms with van der Waals surface area (Å²) in [7, 11) is 1.34. The second kappa shape index (κ2) is 10.2. The number of hydrogen-bond acceptors (Lipinski definition) is 4. The fourth-order valence-corrected chi connectivity index (χ4v) is 3.43. The second-order valence-corrected chi connectivity index (χ2v) is 7.62. The van der Waals surface area contributed by atoms with Crippen molar-refractivity contribution in [2.45, 2.75) is 32.6 Å². The molecule has 0 spiro atoms. The number of ether oxygens (including phenoxy) is 1. The summed E-state index contributed by atoms with van der Waals surface area (Å²) >= 11 is 6.25. The number of rotatable bonds is 5. The molecule has 0 radical (unpaired) electrons. The molecule has 0 fully saturated rings. The molecular formula is C25H24ClNO3. The first-order chi connectivity index (χ1) is 14.5. The number of carbonyl (C=O) groups excluding carboxylic acids is 2. The van der Waals surface area contributed by atoms with E-state index in [9.17, 15) is 9.59 Å². The van der Waals surface area contributed by atoms with E-state index in [0.29, 0.717) is 34.7 Å². The van der Waals surface area contributed by atoms with Gasteiger partial charge in [-0.3, -0.25) is 4.79 Å². The van der Waals surface area contributed by atoms with Crippen LogP contribution in [0.3, 0.4) is 0 Å². The Kier molecular flexibility index (Phi) is 7.36. The molecule has 0 saturated carbocycles. The molecule has 1 aromatic carbocycles. The van der Waals surface area contributed by atoms with Gasteiger partial charge in [0, 0.05) is 10.6 Å². The van der Waals surface area contributed by atoms with Gasteiger partial charge in [-0.15, -0.1) is 0 Å². The molecule has 30 heavy (non-hydrogen) atoms. The number of allylic oxidation sites excluding steroid dienone is 8. The summed E-state index contributed by atoms with van der Waals surface area (Å²) in [6.07, 6.45) is 14.5. The monoisotopic (exact) mass is 421 g/mol. The maximum Gasteiger partial charge on any atom is 0.337 e. The number of esters is 1. The number of methoxy groups -OCH3 is 1. The lowest BCUT2D eigenvalue weighted by Gasteiger charge is -2.14. The van der Waals surface area contributed by atoms with Crippen LogP contribution in [-0.4, -0.2) is 24.6 Å². The van der Waals surface area contributed by atoms with E-state index in [1.807, 2.05) is 13.0 Å². The molecule has 0 heterocycles. The lowest BCUT2D eigenvalue weighted by molar-refractivity contribution is -0.111.